The first-order chi connectivity index (χ1) is 12.9. The third-order valence-electron chi connectivity index (χ3n) is 5.73. The van der Waals surface area contributed by atoms with Gasteiger partial charge in [-0.3, -0.25) is 9.59 Å². The van der Waals surface area contributed by atoms with Crippen LogP contribution in [0, 0.1) is 5.92 Å². The molecule has 6 nitrogen and oxygen atoms in total. The number of ketones is 1. The monoisotopic (exact) mass is 392 g/mol. The molecule has 1 saturated heterocycles. The number of Topliss-reactive ketones (excluding diaryl/α,β-unsaturated/α-hetero) is 1. The van der Waals surface area contributed by atoms with E-state index in [-0.39, 0.29) is 16.6 Å². The van der Waals surface area contributed by atoms with Crippen LogP contribution in [-0.4, -0.2) is 55.5 Å². The maximum absolute atomic E-state index is 12.8. The smallest absolute Gasteiger partial charge is 0.243 e. The first-order valence-electron chi connectivity index (χ1n) is 9.77. The lowest BCUT2D eigenvalue weighted by atomic mass is 10.0. The van der Waals surface area contributed by atoms with Crippen molar-refractivity contribution in [1.29, 1.82) is 0 Å². The second-order valence-corrected chi connectivity index (χ2v) is 9.49. The van der Waals surface area contributed by atoms with E-state index in [0.717, 1.165) is 6.42 Å². The highest BCUT2D eigenvalue weighted by atomic mass is 32.2. The summed E-state index contributed by atoms with van der Waals surface area (Å²) >= 11 is 0. The minimum absolute atomic E-state index is 0.0938. The Morgan fingerprint density at radius 3 is 2.15 bits per heavy atom. The predicted octanol–water partition coefficient (Wildman–Crippen LogP) is 2.69. The Kier molecular flexibility index (Phi) is 6.32. The third-order valence-corrected chi connectivity index (χ3v) is 7.64. The van der Waals surface area contributed by atoms with Crippen molar-refractivity contribution >= 4 is 21.7 Å². The summed E-state index contributed by atoms with van der Waals surface area (Å²) in [5.74, 6) is 0.738. The second kappa shape index (κ2) is 8.52. The lowest BCUT2D eigenvalue weighted by molar-refractivity contribution is -0.132. The second-order valence-electron chi connectivity index (χ2n) is 7.55. The number of carbonyl (C=O) groups is 2. The zero-order valence-corrected chi connectivity index (χ0v) is 16.7. The zero-order chi connectivity index (χ0) is 19.4. The number of hydrogen-bond donors (Lipinski definition) is 0. The van der Waals surface area contributed by atoms with Crippen LogP contribution in [0.4, 0.5) is 0 Å². The summed E-state index contributed by atoms with van der Waals surface area (Å²) in [6, 6.07) is 6.03. The first kappa shape index (κ1) is 20.0. The molecule has 1 aromatic carbocycles. The van der Waals surface area contributed by atoms with Gasteiger partial charge in [-0.2, -0.15) is 4.31 Å². The Bertz CT molecular complexity index is 775. The number of amides is 1. The van der Waals surface area contributed by atoms with Gasteiger partial charge in [0.25, 0.3) is 0 Å². The highest BCUT2D eigenvalue weighted by Gasteiger charge is 2.30. The van der Waals surface area contributed by atoms with Gasteiger partial charge in [-0.05, 0) is 31.4 Å². The van der Waals surface area contributed by atoms with E-state index >= 15 is 0 Å². The summed E-state index contributed by atoms with van der Waals surface area (Å²) in [6.45, 7) is 2.95. The van der Waals surface area contributed by atoms with Gasteiger partial charge in [0, 0.05) is 38.2 Å². The Labute approximate surface area is 161 Å². The van der Waals surface area contributed by atoms with E-state index in [1.807, 2.05) is 0 Å². The molecule has 0 unspecified atom stereocenters. The lowest BCUT2D eigenvalue weighted by Crippen LogP contribution is -2.50. The summed E-state index contributed by atoms with van der Waals surface area (Å²) in [5, 5.41) is 0. The summed E-state index contributed by atoms with van der Waals surface area (Å²) < 4.78 is 27.0. The third kappa shape index (κ3) is 4.76. The van der Waals surface area contributed by atoms with Gasteiger partial charge in [-0.15, -0.1) is 0 Å². The van der Waals surface area contributed by atoms with Gasteiger partial charge in [-0.25, -0.2) is 8.42 Å². The molecule has 7 heteroatoms. The van der Waals surface area contributed by atoms with Crippen LogP contribution in [0.5, 0.6) is 0 Å². The molecular formula is C20H28N2O4S. The molecule has 1 aromatic rings. The Morgan fingerprint density at radius 2 is 1.59 bits per heavy atom. The molecule has 2 aliphatic rings. The van der Waals surface area contributed by atoms with Crippen molar-refractivity contribution in [3.05, 3.63) is 29.8 Å². The van der Waals surface area contributed by atoms with E-state index in [1.54, 1.807) is 4.90 Å². The average molecular weight is 393 g/mol. The number of sulfonamides is 1. The number of rotatable bonds is 6. The van der Waals surface area contributed by atoms with E-state index in [1.165, 1.54) is 61.2 Å². The van der Waals surface area contributed by atoms with Crippen molar-refractivity contribution in [2.24, 2.45) is 5.92 Å². The molecule has 1 aliphatic heterocycles. The fraction of sp³-hybridized carbons (Fsp3) is 0.600. The molecule has 0 aromatic heterocycles. The molecule has 148 valence electrons. The maximum Gasteiger partial charge on any atom is 0.243 e. The molecule has 0 bridgehead atoms. The van der Waals surface area contributed by atoms with Crippen LogP contribution in [0.2, 0.25) is 0 Å². The van der Waals surface area contributed by atoms with E-state index < -0.39 is 10.0 Å². The maximum atomic E-state index is 12.8. The highest BCUT2D eigenvalue weighted by molar-refractivity contribution is 7.89. The SMILES string of the molecule is CC(=O)c1ccc(S(=O)(=O)N2CCN(C(=O)CCC3CCCC3)CC2)cc1. The van der Waals surface area contributed by atoms with Gasteiger partial charge in [0.05, 0.1) is 4.90 Å². The van der Waals surface area contributed by atoms with Crippen molar-refractivity contribution in [2.45, 2.75) is 50.3 Å². The summed E-state index contributed by atoms with van der Waals surface area (Å²) in [6.07, 6.45) is 6.57. The largest absolute Gasteiger partial charge is 0.340 e. The molecule has 2 fully saturated rings. The van der Waals surface area contributed by atoms with Gasteiger partial charge < -0.3 is 4.90 Å². The highest BCUT2D eigenvalue weighted by Crippen LogP contribution is 2.29. The van der Waals surface area contributed by atoms with Gasteiger partial charge in [-0.1, -0.05) is 37.8 Å². The number of nitrogens with zero attached hydrogens (tertiary/aromatic N) is 2. The Morgan fingerprint density at radius 1 is 1.00 bits per heavy atom. The van der Waals surface area contributed by atoms with Crippen LogP contribution in [0.25, 0.3) is 0 Å². The normalized spacial score (nSPS) is 19.4. The molecule has 0 N–H and O–H groups in total. The number of piperazine rings is 1. The van der Waals surface area contributed by atoms with E-state index in [2.05, 4.69) is 0 Å². The summed E-state index contributed by atoms with van der Waals surface area (Å²) in [5.41, 5.74) is 0.492. The van der Waals surface area contributed by atoms with Crippen LogP contribution in [-0.2, 0) is 14.8 Å². The Hall–Kier alpha value is -1.73. The predicted molar refractivity (Wildman–Crippen MR) is 103 cm³/mol. The number of carbonyl (C=O) groups excluding carboxylic acids is 2. The molecule has 1 heterocycles. The van der Waals surface area contributed by atoms with Crippen molar-refractivity contribution in [3.63, 3.8) is 0 Å². The first-order valence-corrected chi connectivity index (χ1v) is 11.2. The van der Waals surface area contributed by atoms with Crippen molar-refractivity contribution in [2.75, 3.05) is 26.2 Å². The molecular weight excluding hydrogens is 364 g/mol. The molecule has 0 radical (unpaired) electrons. The van der Waals surface area contributed by atoms with E-state index in [0.29, 0.717) is 44.1 Å². The summed E-state index contributed by atoms with van der Waals surface area (Å²) in [4.78, 5) is 25.7. The van der Waals surface area contributed by atoms with Crippen LogP contribution in [0.1, 0.15) is 55.8 Å². The molecule has 27 heavy (non-hydrogen) atoms. The van der Waals surface area contributed by atoms with Crippen molar-refractivity contribution < 1.29 is 18.0 Å². The molecule has 0 atom stereocenters. The van der Waals surface area contributed by atoms with Gasteiger partial charge in [0.15, 0.2) is 5.78 Å². The topological polar surface area (TPSA) is 74.8 Å². The molecule has 1 amide bonds. The summed E-state index contributed by atoms with van der Waals surface area (Å²) in [7, 11) is -3.59. The van der Waals surface area contributed by atoms with Gasteiger partial charge in [0.2, 0.25) is 15.9 Å². The quantitative estimate of drug-likeness (QED) is 0.698. The minimum Gasteiger partial charge on any atom is -0.340 e. The van der Waals surface area contributed by atoms with Crippen LogP contribution >= 0.6 is 0 Å². The molecule has 3 rings (SSSR count). The van der Waals surface area contributed by atoms with Crippen LogP contribution in [0.15, 0.2) is 29.2 Å². The van der Waals surface area contributed by atoms with Crippen molar-refractivity contribution in [1.82, 2.24) is 9.21 Å². The standard InChI is InChI=1S/C20H28N2O4S/c1-16(23)18-7-9-19(10-8-18)27(25,26)22-14-12-21(13-15-22)20(24)11-6-17-4-2-3-5-17/h7-10,17H,2-6,11-15H2,1H3. The Balaban J connectivity index is 1.54. The molecule has 1 saturated carbocycles. The number of hydrogen-bond acceptors (Lipinski definition) is 4. The number of benzene rings is 1. The van der Waals surface area contributed by atoms with Gasteiger partial charge >= 0.3 is 0 Å². The van der Waals surface area contributed by atoms with Gasteiger partial charge in [0.1, 0.15) is 0 Å². The van der Waals surface area contributed by atoms with Crippen LogP contribution < -0.4 is 0 Å². The van der Waals surface area contributed by atoms with E-state index in [9.17, 15) is 18.0 Å². The van der Waals surface area contributed by atoms with Crippen molar-refractivity contribution in [3.8, 4) is 0 Å². The fourth-order valence-electron chi connectivity index (χ4n) is 3.97. The average Bonchev–Trinajstić information content (AvgIpc) is 3.20. The van der Waals surface area contributed by atoms with Crippen LogP contribution in [0.3, 0.4) is 0 Å². The molecule has 1 aliphatic carbocycles. The molecule has 0 spiro atoms. The van der Waals surface area contributed by atoms with E-state index in [4.69, 9.17) is 0 Å². The lowest BCUT2D eigenvalue weighted by Gasteiger charge is -2.34. The fourth-order valence-corrected chi connectivity index (χ4v) is 5.40. The minimum atomic E-state index is -3.59. The zero-order valence-electron chi connectivity index (χ0n) is 15.9.